The number of unbranched alkanes of at least 4 members (excludes halogenated alkanes) is 2. The van der Waals surface area contributed by atoms with Gasteiger partial charge in [-0.05, 0) is 33.6 Å². The van der Waals surface area contributed by atoms with E-state index in [1.54, 1.807) is 0 Å². The van der Waals surface area contributed by atoms with Gasteiger partial charge in [0.05, 0.1) is 6.04 Å². The van der Waals surface area contributed by atoms with Crippen LogP contribution in [0.5, 0.6) is 0 Å². The number of rotatable bonds is 13. The van der Waals surface area contributed by atoms with Crippen LogP contribution in [0, 0.1) is 5.92 Å². The molecule has 0 saturated heterocycles. The molecule has 0 aromatic carbocycles. The number of nitrogens with zero attached hydrogens (tertiary/aromatic N) is 1. The normalized spacial score (nSPS) is 15.2. The number of nitrogens with two attached hydrogens (primary N) is 1. The third-order valence-corrected chi connectivity index (χ3v) is 5.06. The molecule has 0 aromatic rings. The molecule has 0 fully saturated rings. The van der Waals surface area contributed by atoms with Gasteiger partial charge in [-0.1, -0.05) is 64.5 Å². The zero-order valence-electron chi connectivity index (χ0n) is 17.5. The first kappa shape index (κ1) is 23.4. The molecule has 3 heteroatoms. The number of nitrogens with one attached hydrogen (secondary N) is 1. The van der Waals surface area contributed by atoms with Gasteiger partial charge >= 0.3 is 0 Å². The molecule has 3 N–H and O–H groups in total. The highest BCUT2D eigenvalue weighted by molar-refractivity contribution is 5.15. The third kappa shape index (κ3) is 8.33. The van der Waals surface area contributed by atoms with Crippen LogP contribution in [0.4, 0.5) is 0 Å². The fourth-order valence-corrected chi connectivity index (χ4v) is 3.08. The van der Waals surface area contributed by atoms with Gasteiger partial charge in [0.1, 0.15) is 0 Å². The van der Waals surface area contributed by atoms with Gasteiger partial charge in [0.15, 0.2) is 0 Å². The maximum absolute atomic E-state index is 6.05. The minimum absolute atomic E-state index is 0.144. The van der Waals surface area contributed by atoms with Gasteiger partial charge in [-0.15, -0.1) is 0 Å². The van der Waals surface area contributed by atoms with Gasteiger partial charge in [-0.3, -0.25) is 0 Å². The van der Waals surface area contributed by atoms with Crippen molar-refractivity contribution in [2.75, 3.05) is 7.05 Å². The monoisotopic (exact) mass is 347 g/mol. The van der Waals surface area contributed by atoms with Crippen molar-refractivity contribution >= 4 is 0 Å². The lowest BCUT2D eigenvalue weighted by molar-refractivity contribution is 0.214. The van der Waals surface area contributed by atoms with Crippen LogP contribution in [0.1, 0.15) is 66.7 Å². The second-order valence-electron chi connectivity index (χ2n) is 7.35. The van der Waals surface area contributed by atoms with Crippen molar-refractivity contribution in [2.24, 2.45) is 11.7 Å². The van der Waals surface area contributed by atoms with E-state index in [1.165, 1.54) is 24.8 Å². The molecule has 0 radical (unpaired) electrons. The molecule has 0 aromatic heterocycles. The highest BCUT2D eigenvalue weighted by Gasteiger charge is 2.26. The molecule has 144 valence electrons. The fourth-order valence-electron chi connectivity index (χ4n) is 3.08. The third-order valence-electron chi connectivity index (χ3n) is 5.06. The predicted octanol–water partition coefficient (Wildman–Crippen LogP) is 5.34. The summed E-state index contributed by atoms with van der Waals surface area (Å²) in [7, 11) is 2.14. The Bertz CT molecular complexity index is 476. The summed E-state index contributed by atoms with van der Waals surface area (Å²) < 4.78 is 0. The van der Waals surface area contributed by atoms with E-state index < -0.39 is 0 Å². The van der Waals surface area contributed by atoms with Gasteiger partial charge in [0.25, 0.3) is 0 Å². The molecule has 0 saturated carbocycles. The number of allylic oxidation sites excluding steroid dienone is 2. The van der Waals surface area contributed by atoms with Crippen LogP contribution in [0.2, 0.25) is 0 Å². The minimum Gasteiger partial charge on any atom is -0.402 e. The maximum atomic E-state index is 6.05. The Morgan fingerprint density at radius 3 is 2.24 bits per heavy atom. The van der Waals surface area contributed by atoms with Crippen LogP contribution < -0.4 is 11.1 Å². The number of hydrogen-bond acceptors (Lipinski definition) is 3. The average Bonchev–Trinajstić information content (AvgIpc) is 2.55. The summed E-state index contributed by atoms with van der Waals surface area (Å²) >= 11 is 0. The van der Waals surface area contributed by atoms with Crippen molar-refractivity contribution in [2.45, 2.75) is 78.8 Å². The topological polar surface area (TPSA) is 41.3 Å². The summed E-state index contributed by atoms with van der Waals surface area (Å²) in [6, 6.07) is 0.461. The van der Waals surface area contributed by atoms with Crippen LogP contribution in [0.3, 0.4) is 0 Å². The molecule has 0 bridgehead atoms. The first-order valence-electron chi connectivity index (χ1n) is 9.55. The van der Waals surface area contributed by atoms with Gasteiger partial charge in [0, 0.05) is 36.1 Å². The Morgan fingerprint density at radius 2 is 1.80 bits per heavy atom. The largest absolute Gasteiger partial charge is 0.402 e. The molecule has 3 unspecified atom stereocenters. The summed E-state index contributed by atoms with van der Waals surface area (Å²) in [6.45, 7) is 23.0. The molecule has 0 rings (SSSR count). The molecular weight excluding hydrogens is 306 g/mol. The highest BCUT2D eigenvalue weighted by Crippen LogP contribution is 2.26. The summed E-state index contributed by atoms with van der Waals surface area (Å²) in [4.78, 5) is 2.31. The molecule has 3 nitrogen and oxygen atoms in total. The van der Waals surface area contributed by atoms with E-state index in [-0.39, 0.29) is 12.0 Å². The molecule has 0 spiro atoms. The van der Waals surface area contributed by atoms with Gasteiger partial charge in [-0.2, -0.15) is 0 Å². The first-order chi connectivity index (χ1) is 11.6. The molecule has 0 amide bonds. The van der Waals surface area contributed by atoms with E-state index in [4.69, 9.17) is 5.73 Å². The molecule has 0 heterocycles. The minimum atomic E-state index is 0.144. The van der Waals surface area contributed by atoms with Crippen LogP contribution in [-0.2, 0) is 0 Å². The van der Waals surface area contributed by atoms with E-state index in [1.807, 2.05) is 6.92 Å². The zero-order chi connectivity index (χ0) is 19.6. The summed E-state index contributed by atoms with van der Waals surface area (Å²) in [5.41, 5.74) is 10.2. The van der Waals surface area contributed by atoms with Crippen molar-refractivity contribution < 1.29 is 0 Å². The van der Waals surface area contributed by atoms with Crippen LogP contribution >= 0.6 is 0 Å². The predicted molar refractivity (Wildman–Crippen MR) is 113 cm³/mol. The summed E-state index contributed by atoms with van der Waals surface area (Å²) in [5, 5.41) is 3.49. The van der Waals surface area contributed by atoms with E-state index in [9.17, 15) is 0 Å². The summed E-state index contributed by atoms with van der Waals surface area (Å²) in [6.07, 6.45) is 7.84. The van der Waals surface area contributed by atoms with Crippen molar-refractivity contribution in [1.29, 1.82) is 0 Å². The van der Waals surface area contributed by atoms with Gasteiger partial charge < -0.3 is 16.0 Å². The van der Waals surface area contributed by atoms with E-state index >= 15 is 0 Å². The van der Waals surface area contributed by atoms with Crippen LogP contribution in [-0.4, -0.2) is 24.0 Å². The Morgan fingerprint density at radius 1 is 1.20 bits per heavy atom. The van der Waals surface area contributed by atoms with Gasteiger partial charge in [-0.25, -0.2) is 0 Å². The summed E-state index contributed by atoms with van der Waals surface area (Å²) in [5.74, 6) is 0.229. The van der Waals surface area contributed by atoms with Crippen LogP contribution in [0.25, 0.3) is 0 Å². The average molecular weight is 348 g/mol. The molecule has 0 aliphatic carbocycles. The van der Waals surface area contributed by atoms with Gasteiger partial charge in [0.2, 0.25) is 0 Å². The standard InChI is InChI=1S/C22H41N3/c1-10-12-13-14-22(18(6)19(7)23)25(9)20(8)21(24-16(3)4)15-17(5)11-2/h11,18,21-22,24H,3,7-8,10,12-15,23H2,1-2,4-6,9H3/b17-11+. The molecular formula is C22H41N3. The Hall–Kier alpha value is -1.64. The maximum Gasteiger partial charge on any atom is 0.0689 e. The van der Waals surface area contributed by atoms with Crippen molar-refractivity contribution in [1.82, 2.24) is 10.2 Å². The Kier molecular flexibility index (Phi) is 11.1. The quantitative estimate of drug-likeness (QED) is 0.349. The van der Waals surface area contributed by atoms with E-state index in [0.717, 1.165) is 29.9 Å². The first-order valence-corrected chi connectivity index (χ1v) is 9.55. The Balaban J connectivity index is 5.35. The highest BCUT2D eigenvalue weighted by atomic mass is 15.2. The fraction of sp³-hybridized carbons (Fsp3) is 0.636. The molecule has 3 atom stereocenters. The molecule has 25 heavy (non-hydrogen) atoms. The second-order valence-corrected chi connectivity index (χ2v) is 7.35. The van der Waals surface area contributed by atoms with E-state index in [2.05, 4.69) is 70.8 Å². The van der Waals surface area contributed by atoms with Crippen molar-refractivity contribution in [3.63, 3.8) is 0 Å². The molecule has 0 aliphatic rings. The number of hydrogen-bond donors (Lipinski definition) is 2. The second kappa shape index (κ2) is 11.8. The van der Waals surface area contributed by atoms with Crippen molar-refractivity contribution in [3.05, 3.63) is 48.5 Å². The van der Waals surface area contributed by atoms with Crippen LogP contribution in [0.15, 0.2) is 48.5 Å². The number of likely N-dealkylation sites (N-methyl/N-ethyl adjacent to an activating group) is 1. The smallest absolute Gasteiger partial charge is 0.0689 e. The van der Waals surface area contributed by atoms with Crippen molar-refractivity contribution in [3.8, 4) is 0 Å². The van der Waals surface area contributed by atoms with E-state index in [0.29, 0.717) is 6.04 Å². The lowest BCUT2D eigenvalue weighted by Crippen LogP contribution is -2.44. The Labute approximate surface area is 156 Å². The zero-order valence-corrected chi connectivity index (χ0v) is 17.5. The SMILES string of the molecule is C=C(C)NC(C/C(C)=C/C)C(=C)N(C)C(CCCCC)C(C)C(=C)N. The lowest BCUT2D eigenvalue weighted by Gasteiger charge is -2.39. The molecule has 0 aliphatic heterocycles. The lowest BCUT2D eigenvalue weighted by atomic mass is 9.91.